The van der Waals surface area contributed by atoms with Gasteiger partial charge in [0.2, 0.25) is 0 Å². The molecule has 1 heterocycles. The highest BCUT2D eigenvalue weighted by Gasteiger charge is 2.48. The van der Waals surface area contributed by atoms with Crippen LogP contribution < -0.4 is 0 Å². The van der Waals surface area contributed by atoms with E-state index in [0.29, 0.717) is 6.54 Å². The fourth-order valence-corrected chi connectivity index (χ4v) is 3.64. The average Bonchev–Trinajstić information content (AvgIpc) is 2.51. The molecule has 3 heteroatoms. The maximum Gasteiger partial charge on any atom is 0.137 e. The maximum absolute atomic E-state index is 15.6. The molecule has 122 valence electrons. The number of piperidine rings is 1. The molecule has 1 aliphatic heterocycles. The van der Waals surface area contributed by atoms with Crippen molar-refractivity contribution in [1.29, 1.82) is 0 Å². The first-order valence-electron chi connectivity index (χ1n) is 8.21. The Morgan fingerprint density at radius 3 is 2.64 bits per heavy atom. The molecule has 0 saturated carbocycles. The number of aliphatic hydroxyl groups excluding tert-OH is 1. The Balaban J connectivity index is 2.18. The topological polar surface area (TPSA) is 23.5 Å². The van der Waals surface area contributed by atoms with Crippen LogP contribution in [0.2, 0.25) is 0 Å². The lowest BCUT2D eigenvalue weighted by Gasteiger charge is -2.48. The Hall–Kier alpha value is -1.19. The Bertz CT molecular complexity index is 489. The number of likely N-dealkylation sites (tertiary alicyclic amines) is 1. The number of benzene rings is 1. The summed E-state index contributed by atoms with van der Waals surface area (Å²) in [4.78, 5) is 2.32. The first-order valence-corrected chi connectivity index (χ1v) is 8.21. The molecule has 0 radical (unpaired) electrons. The molecule has 22 heavy (non-hydrogen) atoms. The zero-order chi connectivity index (χ0) is 16.2. The third-order valence-corrected chi connectivity index (χ3v) is 4.96. The number of allylic oxidation sites excluding steroid dienone is 2. The zero-order valence-electron chi connectivity index (χ0n) is 13.9. The van der Waals surface area contributed by atoms with Crippen LogP contribution in [-0.2, 0) is 6.54 Å². The minimum atomic E-state index is -1.33. The summed E-state index contributed by atoms with van der Waals surface area (Å²) in [5, 5.41) is 9.54. The highest BCUT2D eigenvalue weighted by molar-refractivity contribution is 5.16. The van der Waals surface area contributed by atoms with Crippen LogP contribution in [0.15, 0.2) is 42.5 Å². The second kappa shape index (κ2) is 7.38. The Morgan fingerprint density at radius 2 is 2.05 bits per heavy atom. The lowest BCUT2D eigenvalue weighted by molar-refractivity contribution is -0.0488. The van der Waals surface area contributed by atoms with Gasteiger partial charge >= 0.3 is 0 Å². The van der Waals surface area contributed by atoms with Gasteiger partial charge < -0.3 is 5.11 Å². The molecule has 0 aromatic heterocycles. The predicted molar refractivity (Wildman–Crippen MR) is 89.3 cm³/mol. The van der Waals surface area contributed by atoms with E-state index in [-0.39, 0.29) is 24.4 Å². The van der Waals surface area contributed by atoms with E-state index in [0.717, 1.165) is 13.1 Å². The van der Waals surface area contributed by atoms with Gasteiger partial charge in [-0.05, 0) is 18.4 Å². The summed E-state index contributed by atoms with van der Waals surface area (Å²) < 4.78 is 15.6. The molecule has 1 N–H and O–H groups in total. The van der Waals surface area contributed by atoms with Crippen LogP contribution in [0.5, 0.6) is 0 Å². The largest absolute Gasteiger partial charge is 0.396 e. The van der Waals surface area contributed by atoms with Gasteiger partial charge in [-0.1, -0.05) is 56.3 Å². The summed E-state index contributed by atoms with van der Waals surface area (Å²) in [7, 11) is 0. The lowest BCUT2D eigenvalue weighted by Crippen LogP contribution is -2.56. The third kappa shape index (κ3) is 3.58. The number of alkyl halides is 1. The minimum Gasteiger partial charge on any atom is -0.396 e. The number of hydrogen-bond donors (Lipinski definition) is 1. The number of rotatable bonds is 5. The van der Waals surface area contributed by atoms with Gasteiger partial charge in [-0.25, -0.2) is 4.39 Å². The summed E-state index contributed by atoms with van der Waals surface area (Å²) in [5.41, 5.74) is -0.0770. The van der Waals surface area contributed by atoms with Crippen LogP contribution in [-0.4, -0.2) is 35.4 Å². The minimum absolute atomic E-state index is 0.0276. The van der Waals surface area contributed by atoms with Crippen molar-refractivity contribution in [2.75, 3.05) is 19.7 Å². The molecule has 2 nitrogen and oxygen atoms in total. The van der Waals surface area contributed by atoms with Gasteiger partial charge in [-0.2, -0.15) is 0 Å². The fourth-order valence-electron chi connectivity index (χ4n) is 3.64. The molecule has 2 rings (SSSR count). The predicted octanol–water partition coefficient (Wildman–Crippen LogP) is 3.67. The molecule has 1 saturated heterocycles. The Labute approximate surface area is 133 Å². The molecule has 0 aliphatic carbocycles. The van der Waals surface area contributed by atoms with Crippen LogP contribution in [0.4, 0.5) is 4.39 Å². The first kappa shape index (κ1) is 17.2. The molecule has 1 aromatic carbocycles. The van der Waals surface area contributed by atoms with E-state index in [1.54, 1.807) is 12.2 Å². The molecule has 0 spiro atoms. The normalized spacial score (nSPS) is 31.5. The van der Waals surface area contributed by atoms with E-state index < -0.39 is 5.67 Å². The van der Waals surface area contributed by atoms with Gasteiger partial charge in [0.15, 0.2) is 0 Å². The second-order valence-electron chi connectivity index (χ2n) is 6.67. The zero-order valence-corrected chi connectivity index (χ0v) is 13.9. The standard InChI is InChI=1S/C19H28FNO/c1-4-10-19(20)16(3)11-21(13-18(19)15(2)14-22)12-17-8-6-5-7-9-17/h4-10,15-16,18,22H,11-14H2,1-3H3/b10-4+. The molecular formula is C19H28FNO. The average molecular weight is 305 g/mol. The second-order valence-corrected chi connectivity index (χ2v) is 6.67. The van der Waals surface area contributed by atoms with Crippen LogP contribution in [0.3, 0.4) is 0 Å². The summed E-state index contributed by atoms with van der Waals surface area (Å²) in [6, 6.07) is 10.3. The summed E-state index contributed by atoms with van der Waals surface area (Å²) in [5.74, 6) is -0.316. The van der Waals surface area contributed by atoms with E-state index >= 15 is 4.39 Å². The molecular weight excluding hydrogens is 277 g/mol. The van der Waals surface area contributed by atoms with Crippen molar-refractivity contribution in [1.82, 2.24) is 4.90 Å². The SMILES string of the molecule is C/C=C/C1(F)C(C)CN(Cc2ccccc2)CC1C(C)CO. The smallest absolute Gasteiger partial charge is 0.137 e. The van der Waals surface area contributed by atoms with E-state index in [1.165, 1.54) is 5.56 Å². The molecule has 1 aliphatic rings. The van der Waals surface area contributed by atoms with Gasteiger partial charge in [0.05, 0.1) is 0 Å². The lowest BCUT2D eigenvalue weighted by atomic mass is 9.70. The summed E-state index contributed by atoms with van der Waals surface area (Å²) >= 11 is 0. The number of halogens is 1. The number of nitrogens with zero attached hydrogens (tertiary/aromatic N) is 1. The van der Waals surface area contributed by atoms with Crippen LogP contribution >= 0.6 is 0 Å². The van der Waals surface area contributed by atoms with Gasteiger partial charge in [-0.3, -0.25) is 4.90 Å². The highest BCUT2D eigenvalue weighted by atomic mass is 19.1. The summed E-state index contributed by atoms with van der Waals surface area (Å²) in [6.45, 7) is 8.08. The summed E-state index contributed by atoms with van der Waals surface area (Å²) in [6.07, 6.45) is 3.51. The van der Waals surface area contributed by atoms with Gasteiger partial charge in [-0.15, -0.1) is 0 Å². The molecule has 1 aromatic rings. The number of hydrogen-bond acceptors (Lipinski definition) is 2. The first-order chi connectivity index (χ1) is 10.5. The van der Waals surface area contributed by atoms with E-state index in [1.807, 2.05) is 39.0 Å². The fraction of sp³-hybridized carbons (Fsp3) is 0.579. The van der Waals surface area contributed by atoms with Crippen molar-refractivity contribution < 1.29 is 9.50 Å². The molecule has 0 amide bonds. The highest BCUT2D eigenvalue weighted by Crippen LogP contribution is 2.41. The third-order valence-electron chi connectivity index (χ3n) is 4.96. The van der Waals surface area contributed by atoms with E-state index in [2.05, 4.69) is 17.0 Å². The van der Waals surface area contributed by atoms with Crippen molar-refractivity contribution in [2.45, 2.75) is 33.0 Å². The Kier molecular flexibility index (Phi) is 5.76. The van der Waals surface area contributed by atoms with E-state index in [9.17, 15) is 5.11 Å². The van der Waals surface area contributed by atoms with Gasteiger partial charge in [0, 0.05) is 38.1 Å². The number of aliphatic hydroxyl groups is 1. The maximum atomic E-state index is 15.6. The molecule has 0 bridgehead atoms. The van der Waals surface area contributed by atoms with Gasteiger partial charge in [0.25, 0.3) is 0 Å². The van der Waals surface area contributed by atoms with Crippen LogP contribution in [0, 0.1) is 17.8 Å². The Morgan fingerprint density at radius 1 is 1.36 bits per heavy atom. The molecule has 4 atom stereocenters. The van der Waals surface area contributed by atoms with Crippen molar-refractivity contribution in [3.8, 4) is 0 Å². The monoisotopic (exact) mass is 305 g/mol. The van der Waals surface area contributed by atoms with Crippen molar-refractivity contribution in [3.05, 3.63) is 48.0 Å². The van der Waals surface area contributed by atoms with Crippen molar-refractivity contribution >= 4 is 0 Å². The van der Waals surface area contributed by atoms with Crippen molar-refractivity contribution in [2.24, 2.45) is 17.8 Å². The van der Waals surface area contributed by atoms with Crippen LogP contribution in [0.1, 0.15) is 26.3 Å². The van der Waals surface area contributed by atoms with Gasteiger partial charge in [0.1, 0.15) is 5.67 Å². The quantitative estimate of drug-likeness (QED) is 0.839. The molecule has 1 fully saturated rings. The molecule has 4 unspecified atom stereocenters. The van der Waals surface area contributed by atoms with Crippen molar-refractivity contribution in [3.63, 3.8) is 0 Å². The van der Waals surface area contributed by atoms with Crippen LogP contribution in [0.25, 0.3) is 0 Å². The van der Waals surface area contributed by atoms with E-state index in [4.69, 9.17) is 0 Å².